The molecule has 2 rings (SSSR count). The van der Waals surface area contributed by atoms with Crippen molar-refractivity contribution >= 4 is 0 Å². The molecule has 0 unspecified atom stereocenters. The fourth-order valence-corrected chi connectivity index (χ4v) is 2.69. The third-order valence-electron chi connectivity index (χ3n) is 3.90. The van der Waals surface area contributed by atoms with E-state index in [1.807, 2.05) is 6.92 Å². The van der Waals surface area contributed by atoms with Crippen molar-refractivity contribution in [3.63, 3.8) is 0 Å². The van der Waals surface area contributed by atoms with Gasteiger partial charge in [-0.05, 0) is 31.5 Å². The first-order valence-corrected chi connectivity index (χ1v) is 7.07. The van der Waals surface area contributed by atoms with E-state index in [-0.39, 0.29) is 12.1 Å². The Hall–Kier alpha value is -1.04. The molecule has 0 radical (unpaired) electrons. The summed E-state index contributed by atoms with van der Waals surface area (Å²) in [6.45, 7) is 8.00. The molecule has 0 amide bonds. The molecule has 1 aliphatic rings. The molecule has 20 heavy (non-hydrogen) atoms. The highest BCUT2D eigenvalue weighted by molar-refractivity contribution is 5.21. The topological polar surface area (TPSA) is 26.7 Å². The van der Waals surface area contributed by atoms with Gasteiger partial charge in [0, 0.05) is 38.8 Å². The lowest BCUT2D eigenvalue weighted by Gasteiger charge is -2.38. The predicted molar refractivity (Wildman–Crippen MR) is 74.5 cm³/mol. The third kappa shape index (κ3) is 3.75. The monoisotopic (exact) mass is 284 g/mol. The minimum atomic E-state index is -0.803. The van der Waals surface area contributed by atoms with E-state index in [4.69, 9.17) is 0 Å². The molecule has 1 heterocycles. The van der Waals surface area contributed by atoms with Crippen LogP contribution in [-0.4, -0.2) is 53.7 Å². The Morgan fingerprint density at radius 3 is 2.30 bits per heavy atom. The number of piperazine rings is 1. The van der Waals surface area contributed by atoms with E-state index >= 15 is 0 Å². The summed E-state index contributed by atoms with van der Waals surface area (Å²) in [5, 5.41) is 9.38. The molecule has 0 bridgehead atoms. The molecule has 112 valence electrons. The van der Waals surface area contributed by atoms with Gasteiger partial charge < -0.3 is 5.11 Å². The highest BCUT2D eigenvalue weighted by atomic mass is 19.2. The first-order chi connectivity index (χ1) is 9.47. The number of halogens is 2. The summed E-state index contributed by atoms with van der Waals surface area (Å²) < 4.78 is 26.2. The fourth-order valence-electron chi connectivity index (χ4n) is 2.69. The van der Waals surface area contributed by atoms with E-state index < -0.39 is 11.6 Å². The molecular weight excluding hydrogens is 262 g/mol. The van der Waals surface area contributed by atoms with Crippen LogP contribution < -0.4 is 0 Å². The van der Waals surface area contributed by atoms with Gasteiger partial charge in [0.1, 0.15) is 0 Å². The third-order valence-corrected chi connectivity index (χ3v) is 3.90. The molecule has 0 aliphatic carbocycles. The van der Waals surface area contributed by atoms with Gasteiger partial charge in [-0.2, -0.15) is 0 Å². The lowest BCUT2D eigenvalue weighted by Crippen LogP contribution is -2.48. The number of aliphatic hydroxyl groups excluding tert-OH is 1. The van der Waals surface area contributed by atoms with Crippen LogP contribution >= 0.6 is 0 Å². The van der Waals surface area contributed by atoms with Crippen molar-refractivity contribution in [3.8, 4) is 0 Å². The molecule has 1 N–H and O–H groups in total. The maximum absolute atomic E-state index is 13.3. The van der Waals surface area contributed by atoms with Crippen molar-refractivity contribution in [2.45, 2.75) is 26.0 Å². The van der Waals surface area contributed by atoms with Gasteiger partial charge in [-0.25, -0.2) is 8.78 Å². The van der Waals surface area contributed by atoms with Crippen molar-refractivity contribution in [2.75, 3.05) is 32.7 Å². The number of rotatable bonds is 4. The molecule has 3 nitrogen and oxygen atoms in total. The molecule has 1 fully saturated rings. The molecule has 0 saturated carbocycles. The van der Waals surface area contributed by atoms with Gasteiger partial charge in [0.2, 0.25) is 0 Å². The molecule has 1 aromatic rings. The zero-order valence-electron chi connectivity index (χ0n) is 12.0. The van der Waals surface area contributed by atoms with Crippen molar-refractivity contribution < 1.29 is 13.9 Å². The number of nitrogens with zero attached hydrogens (tertiary/aromatic N) is 2. The molecule has 0 spiro atoms. The predicted octanol–water partition coefficient (Wildman–Crippen LogP) is 2.02. The molecule has 5 heteroatoms. The van der Waals surface area contributed by atoms with Gasteiger partial charge in [0.05, 0.1) is 6.10 Å². The summed E-state index contributed by atoms with van der Waals surface area (Å²) in [4.78, 5) is 4.48. The van der Waals surface area contributed by atoms with Gasteiger partial charge in [0.25, 0.3) is 0 Å². The molecule has 1 aliphatic heterocycles. The highest BCUT2D eigenvalue weighted by Crippen LogP contribution is 2.23. The number of β-amino-alcohol motifs (C(OH)–C–C–N with tert-alkyl or cyclic N) is 1. The lowest BCUT2D eigenvalue weighted by molar-refractivity contribution is 0.0654. The number of benzene rings is 1. The summed E-state index contributed by atoms with van der Waals surface area (Å²) in [6, 6.07) is 4.18. The number of aliphatic hydroxyl groups is 1. The maximum atomic E-state index is 13.3. The van der Waals surface area contributed by atoms with E-state index in [0.29, 0.717) is 6.54 Å². The van der Waals surface area contributed by atoms with E-state index in [2.05, 4.69) is 9.80 Å². The second-order valence-electron chi connectivity index (χ2n) is 5.54. The van der Waals surface area contributed by atoms with Gasteiger partial charge in [0.15, 0.2) is 11.6 Å². The van der Waals surface area contributed by atoms with Crippen LogP contribution in [-0.2, 0) is 0 Å². The van der Waals surface area contributed by atoms with Crippen LogP contribution in [0.3, 0.4) is 0 Å². The van der Waals surface area contributed by atoms with E-state index in [1.54, 1.807) is 13.0 Å². The smallest absolute Gasteiger partial charge is 0.159 e. The SMILES string of the molecule is C[C@H](O)CN1CCN([C@H](C)c2ccc(F)c(F)c2)CC1. The second kappa shape index (κ2) is 6.61. The summed E-state index contributed by atoms with van der Waals surface area (Å²) >= 11 is 0. The molecule has 0 aromatic heterocycles. The van der Waals surface area contributed by atoms with Crippen LogP contribution in [0.4, 0.5) is 8.78 Å². The lowest BCUT2D eigenvalue weighted by atomic mass is 10.1. The van der Waals surface area contributed by atoms with Crippen LogP contribution in [0.25, 0.3) is 0 Å². The van der Waals surface area contributed by atoms with Crippen LogP contribution in [0.1, 0.15) is 25.5 Å². The zero-order chi connectivity index (χ0) is 14.7. The standard InChI is InChI=1S/C15H22F2N2O/c1-11(20)10-18-5-7-19(8-6-18)12(2)13-3-4-14(16)15(17)9-13/h3-4,9,11-12,20H,5-8,10H2,1-2H3/t11-,12+/m0/s1. The highest BCUT2D eigenvalue weighted by Gasteiger charge is 2.23. The first-order valence-electron chi connectivity index (χ1n) is 7.07. The van der Waals surface area contributed by atoms with Crippen LogP contribution in [0.5, 0.6) is 0 Å². The molecule has 1 saturated heterocycles. The van der Waals surface area contributed by atoms with Crippen LogP contribution in [0.15, 0.2) is 18.2 Å². The minimum absolute atomic E-state index is 0.0683. The average molecular weight is 284 g/mol. The summed E-state index contributed by atoms with van der Waals surface area (Å²) in [5.74, 6) is -1.59. The zero-order valence-corrected chi connectivity index (χ0v) is 12.0. The van der Waals surface area contributed by atoms with Gasteiger partial charge in [-0.1, -0.05) is 6.07 Å². The number of hydrogen-bond acceptors (Lipinski definition) is 3. The van der Waals surface area contributed by atoms with Crippen LogP contribution in [0, 0.1) is 11.6 Å². The second-order valence-corrected chi connectivity index (χ2v) is 5.54. The molecule has 1 aromatic carbocycles. The Bertz CT molecular complexity index is 445. The summed E-state index contributed by atoms with van der Waals surface area (Å²) in [5.41, 5.74) is 0.799. The normalized spacial score (nSPS) is 20.9. The first kappa shape index (κ1) is 15.4. The molecular formula is C15H22F2N2O. The Labute approximate surface area is 118 Å². The molecule has 2 atom stereocenters. The number of hydrogen-bond donors (Lipinski definition) is 1. The Kier molecular flexibility index (Phi) is 5.07. The van der Waals surface area contributed by atoms with Crippen molar-refractivity contribution in [1.82, 2.24) is 9.80 Å². The maximum Gasteiger partial charge on any atom is 0.159 e. The summed E-state index contributed by atoms with van der Waals surface area (Å²) in [7, 11) is 0. The average Bonchev–Trinajstić information content (AvgIpc) is 2.41. The largest absolute Gasteiger partial charge is 0.392 e. The Morgan fingerprint density at radius 1 is 1.10 bits per heavy atom. The van der Waals surface area contributed by atoms with Crippen molar-refractivity contribution in [3.05, 3.63) is 35.4 Å². The van der Waals surface area contributed by atoms with Gasteiger partial charge in [-0.15, -0.1) is 0 Å². The Morgan fingerprint density at radius 2 is 1.75 bits per heavy atom. The van der Waals surface area contributed by atoms with Crippen molar-refractivity contribution in [2.24, 2.45) is 0 Å². The van der Waals surface area contributed by atoms with Gasteiger partial charge >= 0.3 is 0 Å². The quantitative estimate of drug-likeness (QED) is 0.916. The Balaban J connectivity index is 1.94. The van der Waals surface area contributed by atoms with E-state index in [0.717, 1.165) is 31.7 Å². The van der Waals surface area contributed by atoms with E-state index in [9.17, 15) is 13.9 Å². The van der Waals surface area contributed by atoms with E-state index in [1.165, 1.54) is 12.1 Å². The van der Waals surface area contributed by atoms with Gasteiger partial charge in [-0.3, -0.25) is 9.80 Å². The van der Waals surface area contributed by atoms with Crippen LogP contribution in [0.2, 0.25) is 0 Å². The minimum Gasteiger partial charge on any atom is -0.392 e. The summed E-state index contributed by atoms with van der Waals surface area (Å²) in [6.07, 6.45) is -0.315. The van der Waals surface area contributed by atoms with Crippen molar-refractivity contribution in [1.29, 1.82) is 0 Å². The fraction of sp³-hybridized carbons (Fsp3) is 0.600.